The van der Waals surface area contributed by atoms with Crippen LogP contribution in [0.5, 0.6) is 11.5 Å². The highest BCUT2D eigenvalue weighted by atomic mass is 16.5. The monoisotopic (exact) mass is 332 g/mol. The fourth-order valence-corrected chi connectivity index (χ4v) is 2.36. The largest absolute Gasteiger partial charge is 0.497 e. The van der Waals surface area contributed by atoms with Gasteiger partial charge in [-0.2, -0.15) is 0 Å². The molecule has 1 aromatic rings. The number of imide groups is 2. The first-order valence-corrected chi connectivity index (χ1v) is 7.32. The Kier molecular flexibility index (Phi) is 4.64. The van der Waals surface area contributed by atoms with Gasteiger partial charge in [-0.15, -0.1) is 0 Å². The van der Waals surface area contributed by atoms with Crippen molar-refractivity contribution in [1.82, 2.24) is 10.2 Å². The summed E-state index contributed by atoms with van der Waals surface area (Å²) in [4.78, 5) is 37.7. The number of hydrogen-bond donors (Lipinski definition) is 1. The summed E-state index contributed by atoms with van der Waals surface area (Å²) in [5, 5.41) is 2.19. The molecule has 1 N–H and O–H groups in total. The summed E-state index contributed by atoms with van der Waals surface area (Å²) in [5.74, 6) is -0.348. The Morgan fingerprint density at radius 2 is 1.75 bits per heavy atom. The van der Waals surface area contributed by atoms with Crippen LogP contribution in [0.3, 0.4) is 0 Å². The molecular formula is C17H20N2O5. The van der Waals surface area contributed by atoms with Gasteiger partial charge in [0.05, 0.1) is 14.2 Å². The molecule has 24 heavy (non-hydrogen) atoms. The molecule has 0 spiro atoms. The van der Waals surface area contributed by atoms with Gasteiger partial charge in [-0.3, -0.25) is 19.8 Å². The Bertz CT molecular complexity index is 731. The zero-order valence-corrected chi connectivity index (χ0v) is 14.3. The Labute approximate surface area is 140 Å². The number of nitrogens with zero attached hydrogens (tertiary/aromatic N) is 1. The van der Waals surface area contributed by atoms with Gasteiger partial charge in [0.15, 0.2) is 0 Å². The van der Waals surface area contributed by atoms with E-state index in [1.54, 1.807) is 39.0 Å². The van der Waals surface area contributed by atoms with E-state index in [0.29, 0.717) is 17.1 Å². The first-order valence-electron chi connectivity index (χ1n) is 7.32. The van der Waals surface area contributed by atoms with Crippen LogP contribution in [0, 0.1) is 0 Å². The van der Waals surface area contributed by atoms with Crippen molar-refractivity contribution in [2.24, 2.45) is 0 Å². The predicted octanol–water partition coefficient (Wildman–Crippen LogP) is 1.96. The molecule has 7 nitrogen and oxygen atoms in total. The smallest absolute Gasteiger partial charge is 0.331 e. The van der Waals surface area contributed by atoms with Crippen LogP contribution in [-0.4, -0.2) is 42.5 Å². The Morgan fingerprint density at radius 3 is 2.29 bits per heavy atom. The van der Waals surface area contributed by atoms with Crippen LogP contribution in [-0.2, 0) is 9.59 Å². The minimum atomic E-state index is -0.759. The highest BCUT2D eigenvalue weighted by molar-refractivity contribution is 6.31. The Hall–Kier alpha value is -2.83. The van der Waals surface area contributed by atoms with E-state index < -0.39 is 23.4 Å². The highest BCUT2D eigenvalue weighted by Crippen LogP contribution is 2.28. The Morgan fingerprint density at radius 1 is 1.08 bits per heavy atom. The molecule has 0 aliphatic carbocycles. The van der Waals surface area contributed by atoms with Gasteiger partial charge < -0.3 is 9.47 Å². The average Bonchev–Trinajstić information content (AvgIpc) is 2.49. The normalized spacial score (nSPS) is 17.1. The Balaban J connectivity index is 2.50. The van der Waals surface area contributed by atoms with Gasteiger partial charge in [0.1, 0.15) is 17.1 Å². The molecule has 2 rings (SSSR count). The zero-order chi connectivity index (χ0) is 18.1. The van der Waals surface area contributed by atoms with Crippen LogP contribution in [0.2, 0.25) is 0 Å². The van der Waals surface area contributed by atoms with Gasteiger partial charge in [-0.1, -0.05) is 0 Å². The second-order valence-corrected chi connectivity index (χ2v) is 6.24. The van der Waals surface area contributed by atoms with Gasteiger partial charge in [-0.25, -0.2) is 4.79 Å². The molecule has 128 valence electrons. The summed E-state index contributed by atoms with van der Waals surface area (Å²) in [6, 6.07) is 4.27. The molecule has 1 saturated heterocycles. The van der Waals surface area contributed by atoms with Crippen LogP contribution in [0.1, 0.15) is 26.3 Å². The minimum Gasteiger partial charge on any atom is -0.497 e. The fraction of sp³-hybridized carbons (Fsp3) is 0.353. The van der Waals surface area contributed by atoms with Crippen molar-refractivity contribution in [3.63, 3.8) is 0 Å². The quantitative estimate of drug-likeness (QED) is 0.675. The molecule has 0 atom stereocenters. The summed E-state index contributed by atoms with van der Waals surface area (Å²) in [5.41, 5.74) is -0.363. The van der Waals surface area contributed by atoms with Crippen LogP contribution >= 0.6 is 0 Å². The third kappa shape index (κ3) is 3.24. The van der Waals surface area contributed by atoms with Crippen LogP contribution in [0.4, 0.5) is 4.79 Å². The molecule has 4 amide bonds. The third-order valence-electron chi connectivity index (χ3n) is 3.51. The SMILES string of the molecule is COc1ccc(/C=C2/C(=O)NC(=O)N(C(C)(C)C)C2=O)c(OC)c1. The van der Waals surface area contributed by atoms with E-state index in [-0.39, 0.29) is 5.57 Å². The average molecular weight is 332 g/mol. The number of hydrogen-bond acceptors (Lipinski definition) is 5. The van der Waals surface area contributed by atoms with Crippen molar-refractivity contribution in [3.8, 4) is 11.5 Å². The van der Waals surface area contributed by atoms with Gasteiger partial charge in [0, 0.05) is 17.2 Å². The van der Waals surface area contributed by atoms with E-state index in [2.05, 4.69) is 5.32 Å². The predicted molar refractivity (Wildman–Crippen MR) is 87.7 cm³/mol. The maximum atomic E-state index is 12.6. The number of carbonyl (C=O) groups excluding carboxylic acids is 3. The standard InChI is InChI=1S/C17H20N2O5/c1-17(2,3)19-15(21)12(14(20)18-16(19)22)8-10-6-7-11(23-4)9-13(10)24-5/h6-9H,1-5H3,(H,18,20,22)/b12-8-. The van der Waals surface area contributed by atoms with E-state index in [1.165, 1.54) is 20.3 Å². The van der Waals surface area contributed by atoms with Crippen molar-refractivity contribution in [3.05, 3.63) is 29.3 Å². The highest BCUT2D eigenvalue weighted by Gasteiger charge is 2.41. The lowest BCUT2D eigenvalue weighted by Gasteiger charge is -2.36. The van der Waals surface area contributed by atoms with Crippen LogP contribution in [0.25, 0.3) is 6.08 Å². The molecule has 1 aromatic carbocycles. The number of amides is 4. The van der Waals surface area contributed by atoms with Crippen molar-refractivity contribution >= 4 is 23.9 Å². The van der Waals surface area contributed by atoms with Gasteiger partial charge in [-0.05, 0) is 39.0 Å². The lowest BCUT2D eigenvalue weighted by Crippen LogP contribution is -2.60. The van der Waals surface area contributed by atoms with Gasteiger partial charge in [0.2, 0.25) is 0 Å². The van der Waals surface area contributed by atoms with Gasteiger partial charge in [0.25, 0.3) is 11.8 Å². The molecule has 7 heteroatoms. The molecular weight excluding hydrogens is 312 g/mol. The van der Waals surface area contributed by atoms with Crippen molar-refractivity contribution in [2.75, 3.05) is 14.2 Å². The van der Waals surface area contributed by atoms with Crippen LogP contribution in [0.15, 0.2) is 23.8 Å². The topological polar surface area (TPSA) is 84.9 Å². The number of barbiturate groups is 1. The summed E-state index contributed by atoms with van der Waals surface area (Å²) >= 11 is 0. The minimum absolute atomic E-state index is 0.131. The molecule has 1 aliphatic heterocycles. The summed E-state index contributed by atoms with van der Waals surface area (Å²) in [6.45, 7) is 5.14. The van der Waals surface area contributed by atoms with Crippen LogP contribution < -0.4 is 14.8 Å². The number of carbonyl (C=O) groups is 3. The molecule has 1 heterocycles. The number of benzene rings is 1. The molecule has 0 aromatic heterocycles. The molecule has 1 aliphatic rings. The molecule has 0 unspecified atom stereocenters. The van der Waals surface area contributed by atoms with E-state index in [9.17, 15) is 14.4 Å². The summed E-state index contributed by atoms with van der Waals surface area (Å²) in [6.07, 6.45) is 1.40. The lowest BCUT2D eigenvalue weighted by atomic mass is 10.0. The fourth-order valence-electron chi connectivity index (χ4n) is 2.36. The van der Waals surface area contributed by atoms with Gasteiger partial charge >= 0.3 is 6.03 Å². The maximum Gasteiger partial charge on any atom is 0.331 e. The number of methoxy groups -OCH3 is 2. The molecule has 0 saturated carbocycles. The van der Waals surface area contributed by atoms with E-state index in [4.69, 9.17) is 9.47 Å². The van der Waals surface area contributed by atoms with E-state index in [0.717, 1.165) is 4.90 Å². The number of rotatable bonds is 3. The summed E-state index contributed by atoms with van der Waals surface area (Å²) < 4.78 is 10.4. The zero-order valence-electron chi connectivity index (χ0n) is 14.3. The second kappa shape index (κ2) is 6.35. The van der Waals surface area contributed by atoms with E-state index in [1.807, 2.05) is 0 Å². The second-order valence-electron chi connectivity index (χ2n) is 6.24. The number of urea groups is 1. The van der Waals surface area contributed by atoms with Crippen molar-refractivity contribution in [1.29, 1.82) is 0 Å². The van der Waals surface area contributed by atoms with Crippen molar-refractivity contribution in [2.45, 2.75) is 26.3 Å². The molecule has 0 bridgehead atoms. The first kappa shape index (κ1) is 17.5. The van der Waals surface area contributed by atoms with E-state index >= 15 is 0 Å². The molecule has 0 radical (unpaired) electrons. The number of ether oxygens (including phenoxy) is 2. The summed E-state index contributed by atoms with van der Waals surface area (Å²) in [7, 11) is 3.00. The lowest BCUT2D eigenvalue weighted by molar-refractivity contribution is -0.133. The van der Waals surface area contributed by atoms with Crippen molar-refractivity contribution < 1.29 is 23.9 Å². The first-order chi connectivity index (χ1) is 11.2. The third-order valence-corrected chi connectivity index (χ3v) is 3.51. The number of nitrogens with one attached hydrogen (secondary N) is 1. The maximum absolute atomic E-state index is 12.6. The molecule has 1 fully saturated rings.